The molecule has 3 nitrogen and oxygen atoms in total. The van der Waals surface area contributed by atoms with Crippen LogP contribution in [-0.4, -0.2) is 17.6 Å². The molecule has 0 fully saturated rings. The van der Waals surface area contributed by atoms with Crippen molar-refractivity contribution >= 4 is 21.9 Å². The molecule has 0 N–H and O–H groups in total. The molecule has 1 rings (SSSR count). The minimum absolute atomic E-state index is 0.0145. The van der Waals surface area contributed by atoms with Crippen molar-refractivity contribution in [2.45, 2.75) is 25.1 Å². The Kier molecular flexibility index (Phi) is 5.58. The summed E-state index contributed by atoms with van der Waals surface area (Å²) in [4.78, 5) is 14.6. The molecule has 0 saturated heterocycles. The molecule has 0 atom stereocenters. The number of aromatic nitrogens is 1. The number of halogens is 4. The smallest absolute Gasteiger partial charge is 0.310 e. The summed E-state index contributed by atoms with van der Waals surface area (Å²) in [5.74, 6) is -1.61. The van der Waals surface area contributed by atoms with Crippen LogP contribution in [0.4, 0.5) is 13.2 Å². The lowest BCUT2D eigenvalue weighted by Gasteiger charge is -2.12. The summed E-state index contributed by atoms with van der Waals surface area (Å²) in [5.41, 5.74) is -0.737. The summed E-state index contributed by atoms with van der Waals surface area (Å²) in [5, 5.41) is -0.0951. The fourth-order valence-electron chi connectivity index (χ4n) is 1.49. The number of rotatable bonds is 5. The van der Waals surface area contributed by atoms with Gasteiger partial charge in [-0.15, -0.1) is 0 Å². The maximum atomic E-state index is 13.3. The molecular formula is C11H11BrF3NO2. The molecule has 0 saturated carbocycles. The molecule has 0 spiro atoms. The van der Waals surface area contributed by atoms with Gasteiger partial charge in [-0.1, -0.05) is 15.9 Å². The number of ether oxygens (including phenoxy) is 1. The first kappa shape index (κ1) is 14.9. The van der Waals surface area contributed by atoms with Gasteiger partial charge in [0.05, 0.1) is 13.0 Å². The molecule has 1 aromatic rings. The third kappa shape index (κ3) is 3.44. The monoisotopic (exact) mass is 325 g/mol. The van der Waals surface area contributed by atoms with Gasteiger partial charge < -0.3 is 4.74 Å². The number of carbonyl (C=O) groups excluding carboxylic acids is 1. The van der Waals surface area contributed by atoms with Gasteiger partial charge in [-0.05, 0) is 12.5 Å². The van der Waals surface area contributed by atoms with E-state index in [1.807, 2.05) is 0 Å². The molecule has 0 aliphatic carbocycles. The van der Waals surface area contributed by atoms with Gasteiger partial charge in [-0.25, -0.2) is 13.8 Å². The molecule has 0 aromatic carbocycles. The second-order valence-corrected chi connectivity index (χ2v) is 3.94. The van der Waals surface area contributed by atoms with Crippen LogP contribution < -0.4 is 0 Å². The van der Waals surface area contributed by atoms with E-state index in [9.17, 15) is 18.0 Å². The predicted octanol–water partition coefficient (Wildman–Crippen LogP) is 3.16. The summed E-state index contributed by atoms with van der Waals surface area (Å²) in [6.07, 6.45) is -2.28. The van der Waals surface area contributed by atoms with Crippen LogP contribution in [-0.2, 0) is 21.3 Å². The van der Waals surface area contributed by atoms with Crippen LogP contribution >= 0.6 is 15.9 Å². The molecule has 0 aliphatic heterocycles. The van der Waals surface area contributed by atoms with Crippen molar-refractivity contribution in [2.75, 3.05) is 6.61 Å². The van der Waals surface area contributed by atoms with E-state index in [-0.39, 0.29) is 29.5 Å². The number of carbonyl (C=O) groups is 1. The molecule has 18 heavy (non-hydrogen) atoms. The molecule has 1 heterocycles. The second kappa shape index (κ2) is 6.72. The van der Waals surface area contributed by atoms with E-state index < -0.39 is 23.9 Å². The van der Waals surface area contributed by atoms with E-state index in [1.54, 1.807) is 6.92 Å². The largest absolute Gasteiger partial charge is 0.466 e. The van der Waals surface area contributed by atoms with Crippen molar-refractivity contribution in [3.05, 3.63) is 28.8 Å². The minimum atomic E-state index is -2.88. The highest BCUT2D eigenvalue weighted by Crippen LogP contribution is 2.29. The van der Waals surface area contributed by atoms with Crippen molar-refractivity contribution in [3.8, 4) is 0 Å². The van der Waals surface area contributed by atoms with E-state index >= 15 is 0 Å². The Labute approximate surface area is 110 Å². The van der Waals surface area contributed by atoms with E-state index in [1.165, 1.54) is 0 Å². The fraction of sp³-hybridized carbons (Fsp3) is 0.455. The predicted molar refractivity (Wildman–Crippen MR) is 62.1 cm³/mol. The molecule has 100 valence electrons. The third-order valence-corrected chi connectivity index (χ3v) is 2.81. The molecule has 0 radical (unpaired) electrons. The first-order chi connectivity index (χ1) is 8.51. The van der Waals surface area contributed by atoms with Crippen molar-refractivity contribution in [2.24, 2.45) is 0 Å². The maximum absolute atomic E-state index is 13.3. The third-order valence-electron chi connectivity index (χ3n) is 2.25. The number of esters is 1. The van der Waals surface area contributed by atoms with E-state index in [0.717, 1.165) is 6.20 Å². The van der Waals surface area contributed by atoms with Crippen molar-refractivity contribution in [1.29, 1.82) is 0 Å². The zero-order valence-corrected chi connectivity index (χ0v) is 11.1. The van der Waals surface area contributed by atoms with Gasteiger partial charge in [-0.3, -0.25) is 4.79 Å². The highest BCUT2D eigenvalue weighted by atomic mass is 79.9. The van der Waals surface area contributed by atoms with Crippen molar-refractivity contribution in [3.63, 3.8) is 0 Å². The number of pyridine rings is 1. The van der Waals surface area contributed by atoms with Crippen molar-refractivity contribution < 1.29 is 22.7 Å². The minimum Gasteiger partial charge on any atom is -0.466 e. The van der Waals surface area contributed by atoms with Crippen LogP contribution in [0, 0.1) is 5.95 Å². The van der Waals surface area contributed by atoms with Gasteiger partial charge >= 0.3 is 5.97 Å². The molecule has 0 unspecified atom stereocenters. The highest BCUT2D eigenvalue weighted by molar-refractivity contribution is 9.08. The van der Waals surface area contributed by atoms with E-state index in [2.05, 4.69) is 25.7 Å². The standard InChI is InChI=1S/C11H11BrF3NO2/c1-2-18-8(17)3-6-5-16-11(15)7(4-12)9(6)10(13)14/h5,10H,2-4H2,1H3. The van der Waals surface area contributed by atoms with Crippen LogP contribution in [0.2, 0.25) is 0 Å². The summed E-state index contributed by atoms with van der Waals surface area (Å²) < 4.78 is 43.8. The lowest BCUT2D eigenvalue weighted by molar-refractivity contribution is -0.142. The van der Waals surface area contributed by atoms with Gasteiger partial charge in [0.15, 0.2) is 0 Å². The Balaban J connectivity index is 3.15. The number of nitrogens with zero attached hydrogens (tertiary/aromatic N) is 1. The number of alkyl halides is 3. The molecular weight excluding hydrogens is 315 g/mol. The summed E-state index contributed by atoms with van der Waals surface area (Å²) in [7, 11) is 0. The summed E-state index contributed by atoms with van der Waals surface area (Å²) >= 11 is 2.93. The molecule has 0 bridgehead atoms. The molecule has 0 aliphatic rings. The Morgan fingerprint density at radius 2 is 2.22 bits per heavy atom. The fourth-order valence-corrected chi connectivity index (χ4v) is 2.03. The van der Waals surface area contributed by atoms with Crippen LogP contribution in [0.3, 0.4) is 0 Å². The topological polar surface area (TPSA) is 39.2 Å². The normalized spacial score (nSPS) is 10.8. The zero-order chi connectivity index (χ0) is 13.7. The van der Waals surface area contributed by atoms with Gasteiger partial charge in [0.2, 0.25) is 5.95 Å². The van der Waals surface area contributed by atoms with E-state index in [0.29, 0.717) is 0 Å². The summed E-state index contributed by atoms with van der Waals surface area (Å²) in [6.45, 7) is 1.77. The second-order valence-electron chi connectivity index (χ2n) is 3.38. The van der Waals surface area contributed by atoms with Gasteiger partial charge in [0.25, 0.3) is 6.43 Å². The number of hydrogen-bond donors (Lipinski definition) is 0. The SMILES string of the molecule is CCOC(=O)Cc1cnc(F)c(CBr)c1C(F)F. The lowest BCUT2D eigenvalue weighted by atomic mass is 10.0. The van der Waals surface area contributed by atoms with Crippen molar-refractivity contribution in [1.82, 2.24) is 4.98 Å². The molecule has 0 amide bonds. The Hall–Kier alpha value is -1.11. The molecule has 7 heteroatoms. The van der Waals surface area contributed by atoms with Gasteiger partial charge in [-0.2, -0.15) is 4.39 Å². The maximum Gasteiger partial charge on any atom is 0.310 e. The van der Waals surface area contributed by atoms with Crippen LogP contribution in [0.1, 0.15) is 30.0 Å². The van der Waals surface area contributed by atoms with Crippen LogP contribution in [0.5, 0.6) is 0 Å². The zero-order valence-electron chi connectivity index (χ0n) is 9.55. The Bertz CT molecular complexity index is 441. The number of hydrogen-bond acceptors (Lipinski definition) is 3. The van der Waals surface area contributed by atoms with Crippen LogP contribution in [0.25, 0.3) is 0 Å². The van der Waals surface area contributed by atoms with Crippen LogP contribution in [0.15, 0.2) is 6.20 Å². The Morgan fingerprint density at radius 1 is 1.56 bits per heavy atom. The average molecular weight is 326 g/mol. The highest BCUT2D eigenvalue weighted by Gasteiger charge is 2.23. The van der Waals surface area contributed by atoms with Gasteiger partial charge in [0, 0.05) is 22.7 Å². The lowest BCUT2D eigenvalue weighted by Crippen LogP contribution is -2.12. The van der Waals surface area contributed by atoms with E-state index in [4.69, 9.17) is 0 Å². The molecule has 1 aromatic heterocycles. The average Bonchev–Trinajstić information content (AvgIpc) is 2.30. The summed E-state index contributed by atoms with van der Waals surface area (Å²) in [6, 6.07) is 0. The Morgan fingerprint density at radius 3 is 2.72 bits per heavy atom. The first-order valence-electron chi connectivity index (χ1n) is 5.17. The first-order valence-corrected chi connectivity index (χ1v) is 6.29. The van der Waals surface area contributed by atoms with Gasteiger partial charge in [0.1, 0.15) is 0 Å². The quantitative estimate of drug-likeness (QED) is 0.474.